The molecule has 24 heavy (non-hydrogen) atoms. The summed E-state index contributed by atoms with van der Waals surface area (Å²) >= 11 is 0. The third-order valence-electron chi connectivity index (χ3n) is 5.04. The van der Waals surface area contributed by atoms with Crippen LogP contribution in [0.15, 0.2) is 30.3 Å². The zero-order valence-electron chi connectivity index (χ0n) is 14.5. The Hall–Kier alpha value is -1.92. The quantitative estimate of drug-likeness (QED) is 0.871. The van der Waals surface area contributed by atoms with Crippen LogP contribution < -0.4 is 5.32 Å². The lowest BCUT2D eigenvalue weighted by molar-refractivity contribution is -0.158. The van der Waals surface area contributed by atoms with Crippen LogP contribution in [0.4, 0.5) is 0 Å². The molecule has 2 aliphatic rings. The molecule has 0 aromatic heterocycles. The van der Waals surface area contributed by atoms with E-state index in [-0.39, 0.29) is 24.0 Å². The van der Waals surface area contributed by atoms with E-state index in [2.05, 4.69) is 31.1 Å². The molecule has 0 unspecified atom stereocenters. The number of ether oxygens (including phenoxy) is 1. The molecule has 2 heterocycles. The standard InChI is InChI=1S/C18H25N3O3/c1-18(2)12-21(10-9-20(18)3)17(23)16-15(19-14(22)11-24-16)13-7-5-4-6-8-13/h4-8,15-16H,9-12H2,1-3H3,(H,19,22)/t15-,16+/m1/s1. The second-order valence-electron chi connectivity index (χ2n) is 7.18. The summed E-state index contributed by atoms with van der Waals surface area (Å²) in [4.78, 5) is 29.0. The first kappa shape index (κ1) is 16.9. The van der Waals surface area contributed by atoms with Gasteiger partial charge in [0.15, 0.2) is 6.10 Å². The summed E-state index contributed by atoms with van der Waals surface area (Å²) in [5.74, 6) is -0.239. The molecule has 0 spiro atoms. The van der Waals surface area contributed by atoms with Crippen LogP contribution in [0.1, 0.15) is 25.5 Å². The summed E-state index contributed by atoms with van der Waals surface area (Å²) < 4.78 is 5.65. The molecule has 1 aromatic carbocycles. The Balaban J connectivity index is 1.80. The Morgan fingerprint density at radius 1 is 1.25 bits per heavy atom. The highest BCUT2D eigenvalue weighted by Crippen LogP contribution is 2.26. The third-order valence-corrected chi connectivity index (χ3v) is 5.04. The average Bonchev–Trinajstić information content (AvgIpc) is 2.57. The van der Waals surface area contributed by atoms with Crippen molar-refractivity contribution in [1.82, 2.24) is 15.1 Å². The van der Waals surface area contributed by atoms with Crippen LogP contribution in [0.5, 0.6) is 0 Å². The van der Waals surface area contributed by atoms with Crippen LogP contribution in [0.2, 0.25) is 0 Å². The van der Waals surface area contributed by atoms with E-state index in [4.69, 9.17) is 4.74 Å². The number of amides is 2. The van der Waals surface area contributed by atoms with Crippen molar-refractivity contribution in [3.63, 3.8) is 0 Å². The molecule has 2 saturated heterocycles. The Bertz CT molecular complexity index is 617. The highest BCUT2D eigenvalue weighted by Gasteiger charge is 2.41. The SMILES string of the molecule is CN1CCN(C(=O)[C@H]2OCC(=O)N[C@@H]2c2ccccc2)CC1(C)C. The van der Waals surface area contributed by atoms with Gasteiger partial charge in [-0.1, -0.05) is 30.3 Å². The van der Waals surface area contributed by atoms with E-state index in [1.807, 2.05) is 35.2 Å². The summed E-state index contributed by atoms with van der Waals surface area (Å²) in [5.41, 5.74) is 0.811. The number of carbonyl (C=O) groups is 2. The van der Waals surface area contributed by atoms with E-state index in [0.29, 0.717) is 13.1 Å². The number of hydrogen-bond acceptors (Lipinski definition) is 4. The molecule has 0 aliphatic carbocycles. The molecule has 2 aliphatic heterocycles. The lowest BCUT2D eigenvalue weighted by Gasteiger charge is -2.46. The zero-order chi connectivity index (χ0) is 17.3. The highest BCUT2D eigenvalue weighted by atomic mass is 16.5. The molecule has 0 bridgehead atoms. The van der Waals surface area contributed by atoms with Crippen LogP contribution in [-0.2, 0) is 14.3 Å². The number of nitrogens with zero attached hydrogens (tertiary/aromatic N) is 2. The van der Waals surface area contributed by atoms with Gasteiger partial charge in [-0.2, -0.15) is 0 Å². The number of nitrogens with one attached hydrogen (secondary N) is 1. The third kappa shape index (κ3) is 3.30. The van der Waals surface area contributed by atoms with E-state index in [0.717, 1.165) is 12.1 Å². The molecule has 1 aromatic rings. The first-order valence-electron chi connectivity index (χ1n) is 8.34. The summed E-state index contributed by atoms with van der Waals surface area (Å²) in [6.07, 6.45) is -0.677. The maximum atomic E-state index is 13.1. The van der Waals surface area contributed by atoms with Crippen molar-refractivity contribution in [3.05, 3.63) is 35.9 Å². The number of hydrogen-bond donors (Lipinski definition) is 1. The zero-order valence-corrected chi connectivity index (χ0v) is 14.5. The molecule has 6 heteroatoms. The van der Waals surface area contributed by atoms with Crippen molar-refractivity contribution < 1.29 is 14.3 Å². The lowest BCUT2D eigenvalue weighted by Crippen LogP contribution is -2.62. The maximum Gasteiger partial charge on any atom is 0.254 e. The van der Waals surface area contributed by atoms with Crippen LogP contribution in [0, 0.1) is 0 Å². The number of rotatable bonds is 2. The van der Waals surface area contributed by atoms with Crippen molar-refractivity contribution >= 4 is 11.8 Å². The van der Waals surface area contributed by atoms with Crippen LogP contribution in [0.3, 0.4) is 0 Å². The minimum absolute atomic E-state index is 0.0509. The lowest BCUT2D eigenvalue weighted by atomic mass is 9.96. The number of benzene rings is 1. The van der Waals surface area contributed by atoms with E-state index in [1.165, 1.54) is 0 Å². The van der Waals surface area contributed by atoms with Crippen LogP contribution in [0.25, 0.3) is 0 Å². The fraction of sp³-hybridized carbons (Fsp3) is 0.556. The topological polar surface area (TPSA) is 61.9 Å². The van der Waals surface area contributed by atoms with Crippen molar-refractivity contribution in [3.8, 4) is 0 Å². The summed E-state index contributed by atoms with van der Waals surface area (Å²) in [5, 5.41) is 2.91. The molecule has 2 fully saturated rings. The molecule has 2 atom stereocenters. The van der Waals surface area contributed by atoms with Crippen molar-refractivity contribution in [2.45, 2.75) is 31.5 Å². The second-order valence-corrected chi connectivity index (χ2v) is 7.18. The maximum absolute atomic E-state index is 13.1. The molecule has 2 amide bonds. The second kappa shape index (κ2) is 6.53. The smallest absolute Gasteiger partial charge is 0.254 e. The predicted molar refractivity (Wildman–Crippen MR) is 90.4 cm³/mol. The minimum atomic E-state index is -0.677. The fourth-order valence-corrected chi connectivity index (χ4v) is 3.29. The van der Waals surface area contributed by atoms with Gasteiger partial charge in [-0.15, -0.1) is 0 Å². The molecule has 0 radical (unpaired) electrons. The summed E-state index contributed by atoms with van der Waals surface area (Å²) in [7, 11) is 2.08. The molecule has 1 N–H and O–H groups in total. The predicted octanol–water partition coefficient (Wildman–Crippen LogP) is 0.795. The van der Waals surface area contributed by atoms with Gasteiger partial charge in [0, 0.05) is 25.2 Å². The Labute approximate surface area is 142 Å². The number of piperazine rings is 1. The van der Waals surface area contributed by atoms with Gasteiger partial charge in [0.05, 0.1) is 6.04 Å². The molecule has 6 nitrogen and oxygen atoms in total. The van der Waals surface area contributed by atoms with Gasteiger partial charge in [0.25, 0.3) is 5.91 Å². The molecular weight excluding hydrogens is 306 g/mol. The van der Waals surface area contributed by atoms with Gasteiger partial charge >= 0.3 is 0 Å². The van der Waals surface area contributed by atoms with Gasteiger partial charge in [-0.25, -0.2) is 0 Å². The average molecular weight is 331 g/mol. The van der Waals surface area contributed by atoms with E-state index in [9.17, 15) is 9.59 Å². The molecular formula is C18H25N3O3. The largest absolute Gasteiger partial charge is 0.356 e. The van der Waals surface area contributed by atoms with Gasteiger partial charge in [-0.05, 0) is 26.5 Å². The summed E-state index contributed by atoms with van der Waals surface area (Å²) in [6, 6.07) is 9.09. The van der Waals surface area contributed by atoms with Gasteiger partial charge in [0.1, 0.15) is 6.61 Å². The minimum Gasteiger partial charge on any atom is -0.356 e. The van der Waals surface area contributed by atoms with Crippen molar-refractivity contribution in [1.29, 1.82) is 0 Å². The fourth-order valence-electron chi connectivity index (χ4n) is 3.29. The number of likely N-dealkylation sites (N-methyl/N-ethyl adjacent to an activating group) is 1. The van der Waals surface area contributed by atoms with Crippen molar-refractivity contribution in [2.24, 2.45) is 0 Å². The van der Waals surface area contributed by atoms with E-state index in [1.54, 1.807) is 0 Å². The molecule has 0 saturated carbocycles. The summed E-state index contributed by atoms with van der Waals surface area (Å²) in [6.45, 7) is 6.34. The Kier molecular flexibility index (Phi) is 4.60. The van der Waals surface area contributed by atoms with Crippen LogP contribution in [-0.4, -0.2) is 66.5 Å². The molecule has 3 rings (SSSR count). The number of morpholine rings is 1. The van der Waals surface area contributed by atoms with Gasteiger partial charge in [0.2, 0.25) is 5.91 Å². The van der Waals surface area contributed by atoms with Gasteiger partial charge in [-0.3, -0.25) is 14.5 Å². The monoisotopic (exact) mass is 331 g/mol. The Morgan fingerprint density at radius 2 is 1.96 bits per heavy atom. The normalized spacial score (nSPS) is 27.6. The van der Waals surface area contributed by atoms with Gasteiger partial charge < -0.3 is 15.0 Å². The van der Waals surface area contributed by atoms with Crippen molar-refractivity contribution in [2.75, 3.05) is 33.3 Å². The van der Waals surface area contributed by atoms with E-state index >= 15 is 0 Å². The first-order valence-corrected chi connectivity index (χ1v) is 8.34. The van der Waals surface area contributed by atoms with E-state index < -0.39 is 12.1 Å². The first-order chi connectivity index (χ1) is 11.4. The van der Waals surface area contributed by atoms with Crippen LogP contribution >= 0.6 is 0 Å². The highest BCUT2D eigenvalue weighted by molar-refractivity contribution is 5.86. The Morgan fingerprint density at radius 3 is 2.62 bits per heavy atom. The number of carbonyl (C=O) groups excluding carboxylic acids is 2. The molecule has 130 valence electrons.